The lowest BCUT2D eigenvalue weighted by Crippen LogP contribution is -2.15. The topological polar surface area (TPSA) is 32.8 Å². The first-order chi connectivity index (χ1) is 41.0. The first-order valence-corrected chi connectivity index (χ1v) is 30.6. The molecular formula is C81H76N2O2. The predicted molar refractivity (Wildman–Crippen MR) is 366 cm³/mol. The SMILES string of the molecule is C=Cc1c(N(c2cc(C)ccc2C)c2cccc3c2oc2c(-c4ccccc4C(C)C)cccc23)cc(C(C)C)c2ccc3c(N(c4cc(C)ccc4C)c4cccc5c4oc4c(-c6ccccc6C(C)C)cccc45)cc(C(C)C)c(C)c3c12. The summed E-state index contributed by atoms with van der Waals surface area (Å²) >= 11 is 0. The van der Waals surface area contributed by atoms with Gasteiger partial charge in [0.2, 0.25) is 0 Å². The van der Waals surface area contributed by atoms with Crippen molar-refractivity contribution in [2.75, 3.05) is 9.80 Å². The van der Waals surface area contributed by atoms with E-state index >= 15 is 0 Å². The molecule has 85 heavy (non-hydrogen) atoms. The third-order valence-electron chi connectivity index (χ3n) is 18.1. The van der Waals surface area contributed by atoms with Crippen molar-refractivity contribution in [3.8, 4) is 22.3 Å². The Hall–Kier alpha value is -9.12. The maximum atomic E-state index is 7.43. The third kappa shape index (κ3) is 9.03. The van der Waals surface area contributed by atoms with Gasteiger partial charge >= 0.3 is 0 Å². The molecule has 4 nitrogen and oxygen atoms in total. The molecule has 0 unspecified atom stereocenters. The molecule has 0 spiro atoms. The maximum absolute atomic E-state index is 7.43. The van der Waals surface area contributed by atoms with Crippen molar-refractivity contribution in [1.82, 2.24) is 0 Å². The zero-order chi connectivity index (χ0) is 59.3. The fraction of sp³-hybridized carbons (Fsp3) is 0.210. The highest BCUT2D eigenvalue weighted by Crippen LogP contribution is 2.54. The quantitative estimate of drug-likeness (QED) is 0.108. The summed E-state index contributed by atoms with van der Waals surface area (Å²) in [6, 6.07) is 67.5. The lowest BCUT2D eigenvalue weighted by atomic mass is 9.84. The third-order valence-corrected chi connectivity index (χ3v) is 18.1. The van der Waals surface area contributed by atoms with Crippen molar-refractivity contribution in [1.29, 1.82) is 0 Å². The van der Waals surface area contributed by atoms with Crippen LogP contribution < -0.4 is 9.80 Å². The number of hydrogen-bond donors (Lipinski definition) is 0. The van der Waals surface area contributed by atoms with Crippen LogP contribution in [0.5, 0.6) is 0 Å². The summed E-state index contributed by atoms with van der Waals surface area (Å²) < 4.78 is 14.9. The molecular weight excluding hydrogens is 1030 g/mol. The monoisotopic (exact) mass is 1110 g/mol. The van der Waals surface area contributed by atoms with Gasteiger partial charge in [-0.05, 0) is 172 Å². The van der Waals surface area contributed by atoms with Gasteiger partial charge in [0.15, 0.2) is 11.2 Å². The summed E-state index contributed by atoms with van der Waals surface area (Å²) in [6.07, 6.45) is 2.12. The normalized spacial score (nSPS) is 12.1. The van der Waals surface area contributed by atoms with E-state index in [1.54, 1.807) is 0 Å². The number of anilines is 6. The Morgan fingerprint density at radius 1 is 0.329 bits per heavy atom. The molecule has 422 valence electrons. The minimum Gasteiger partial charge on any atom is -0.453 e. The lowest BCUT2D eigenvalue weighted by Gasteiger charge is -2.32. The molecule has 0 atom stereocenters. The molecule has 11 aromatic carbocycles. The maximum Gasteiger partial charge on any atom is 0.159 e. The van der Waals surface area contributed by atoms with Gasteiger partial charge in [-0.15, -0.1) is 0 Å². The lowest BCUT2D eigenvalue weighted by molar-refractivity contribution is 0.669. The van der Waals surface area contributed by atoms with E-state index in [0.29, 0.717) is 11.8 Å². The number of rotatable bonds is 13. The molecule has 4 heteroatoms. The Kier molecular flexibility index (Phi) is 13.9. The second kappa shape index (κ2) is 21.5. The summed E-state index contributed by atoms with van der Waals surface area (Å²) in [5.74, 6) is 1.05. The van der Waals surface area contributed by atoms with E-state index in [-0.39, 0.29) is 11.8 Å². The number of para-hydroxylation sites is 4. The Morgan fingerprint density at radius 2 is 0.741 bits per heavy atom. The summed E-state index contributed by atoms with van der Waals surface area (Å²) in [6.45, 7) is 34.4. The van der Waals surface area contributed by atoms with Crippen LogP contribution in [0, 0.1) is 34.6 Å². The van der Waals surface area contributed by atoms with Crippen LogP contribution in [0.25, 0.3) is 93.8 Å². The van der Waals surface area contributed by atoms with Crippen LogP contribution in [-0.2, 0) is 0 Å². The number of fused-ring (bicyclic) bond motifs is 9. The molecule has 0 aliphatic carbocycles. The van der Waals surface area contributed by atoms with Gasteiger partial charge in [-0.3, -0.25) is 0 Å². The van der Waals surface area contributed by atoms with Crippen molar-refractivity contribution in [2.45, 2.75) is 114 Å². The van der Waals surface area contributed by atoms with Gasteiger partial charge < -0.3 is 18.6 Å². The molecule has 0 fully saturated rings. The average Bonchev–Trinajstić information content (AvgIpc) is 2.14. The largest absolute Gasteiger partial charge is 0.453 e. The number of benzene rings is 11. The van der Waals surface area contributed by atoms with Gasteiger partial charge in [-0.1, -0.05) is 214 Å². The standard InChI is InChI=1S/C81H76N2O2/c1-15-55-74(82(72-42-50(10)36-38-52(72)12)70-34-22-32-65-63-30-20-28-61(78(63)84-80(65)70)58-26-18-16-24-56(58)46(2)3)45-69(49(8)9)60-40-41-67-75(44-68(48(6)7)54(14)76(67)77(55)60)83(73-43-51(11)37-39-53(73)13)71-35-23-33-66-64-31-21-29-62(79(64)85-81(66)71)59-27-19-17-25-57(59)47(4)5/h15-49H,1H2,2-14H3. The number of hydrogen-bond acceptors (Lipinski definition) is 4. The Bertz CT molecular complexity index is 4830. The van der Waals surface area contributed by atoms with Crippen molar-refractivity contribution in [2.24, 2.45) is 0 Å². The molecule has 0 saturated heterocycles. The van der Waals surface area contributed by atoms with Crippen LogP contribution >= 0.6 is 0 Å². The Labute approximate surface area is 501 Å². The fourth-order valence-corrected chi connectivity index (χ4v) is 13.9. The summed E-state index contributed by atoms with van der Waals surface area (Å²) in [5.41, 5.74) is 26.6. The van der Waals surface area contributed by atoms with E-state index in [4.69, 9.17) is 15.4 Å². The van der Waals surface area contributed by atoms with E-state index in [0.717, 1.165) is 106 Å². The van der Waals surface area contributed by atoms with Gasteiger partial charge in [0, 0.05) is 55.0 Å². The zero-order valence-corrected chi connectivity index (χ0v) is 51.6. The Morgan fingerprint density at radius 3 is 1.21 bits per heavy atom. The second-order valence-corrected chi connectivity index (χ2v) is 25.0. The van der Waals surface area contributed by atoms with Crippen LogP contribution in [0.15, 0.2) is 197 Å². The minimum atomic E-state index is 0.172. The number of nitrogens with zero attached hydrogens (tertiary/aromatic N) is 2. The van der Waals surface area contributed by atoms with Crippen molar-refractivity contribution in [3.05, 3.63) is 244 Å². The van der Waals surface area contributed by atoms with Crippen LogP contribution in [0.4, 0.5) is 34.1 Å². The number of aryl methyl sites for hydroxylation is 5. The van der Waals surface area contributed by atoms with E-state index < -0.39 is 0 Å². The molecule has 0 aliphatic rings. The number of furan rings is 2. The van der Waals surface area contributed by atoms with Crippen LogP contribution in [0.2, 0.25) is 0 Å². The molecule has 0 amide bonds. The van der Waals surface area contributed by atoms with Gasteiger partial charge in [-0.2, -0.15) is 0 Å². The van der Waals surface area contributed by atoms with Crippen LogP contribution in [0.3, 0.4) is 0 Å². The van der Waals surface area contributed by atoms with Crippen molar-refractivity contribution in [3.63, 3.8) is 0 Å². The highest BCUT2D eigenvalue weighted by atomic mass is 16.3. The Balaban J connectivity index is 1.13. The van der Waals surface area contributed by atoms with Gasteiger partial charge in [0.25, 0.3) is 0 Å². The van der Waals surface area contributed by atoms with E-state index in [1.807, 2.05) is 0 Å². The molecule has 2 heterocycles. The van der Waals surface area contributed by atoms with Gasteiger partial charge in [0.05, 0.1) is 22.7 Å². The second-order valence-electron chi connectivity index (χ2n) is 25.0. The molecule has 13 rings (SSSR count). The molecule has 0 saturated carbocycles. The molecule has 0 aliphatic heterocycles. The highest BCUT2D eigenvalue weighted by molar-refractivity contribution is 6.22. The van der Waals surface area contributed by atoms with Gasteiger partial charge in [-0.25, -0.2) is 0 Å². The molecule has 13 aromatic rings. The summed E-state index contributed by atoms with van der Waals surface area (Å²) in [4.78, 5) is 4.99. The summed E-state index contributed by atoms with van der Waals surface area (Å²) in [5, 5.41) is 9.13. The highest BCUT2D eigenvalue weighted by Gasteiger charge is 2.30. The van der Waals surface area contributed by atoms with E-state index in [1.165, 1.54) is 71.8 Å². The van der Waals surface area contributed by atoms with Crippen molar-refractivity contribution < 1.29 is 8.83 Å². The van der Waals surface area contributed by atoms with Crippen molar-refractivity contribution >= 4 is 106 Å². The first kappa shape index (κ1) is 55.1. The van der Waals surface area contributed by atoms with Gasteiger partial charge in [0.1, 0.15) is 11.2 Å². The zero-order valence-electron chi connectivity index (χ0n) is 51.6. The predicted octanol–water partition coefficient (Wildman–Crippen LogP) is 24.7. The fourth-order valence-electron chi connectivity index (χ4n) is 13.9. The molecule has 0 N–H and O–H groups in total. The minimum absolute atomic E-state index is 0.172. The molecule has 0 radical (unpaired) electrons. The van der Waals surface area contributed by atoms with E-state index in [2.05, 4.69) is 288 Å². The average molecular weight is 1110 g/mol. The summed E-state index contributed by atoms with van der Waals surface area (Å²) in [7, 11) is 0. The van der Waals surface area contributed by atoms with E-state index in [9.17, 15) is 0 Å². The first-order valence-electron chi connectivity index (χ1n) is 30.6. The van der Waals surface area contributed by atoms with Crippen LogP contribution in [0.1, 0.15) is 135 Å². The smallest absolute Gasteiger partial charge is 0.159 e. The van der Waals surface area contributed by atoms with Crippen LogP contribution in [-0.4, -0.2) is 0 Å². The molecule has 2 aromatic heterocycles. The molecule has 0 bridgehead atoms.